The second-order valence-corrected chi connectivity index (χ2v) is 16.2. The molecule has 0 unspecified atom stereocenters. The Hall–Kier alpha value is -2.14. The zero-order valence-electron chi connectivity index (χ0n) is 35.6. The van der Waals surface area contributed by atoms with Gasteiger partial charge in [0.05, 0.1) is 17.7 Å². The van der Waals surface area contributed by atoms with E-state index in [9.17, 15) is 14.7 Å². The summed E-state index contributed by atoms with van der Waals surface area (Å²) in [5, 5.41) is 13.9. The van der Waals surface area contributed by atoms with E-state index in [1.165, 1.54) is 180 Å². The fraction of sp³-hybridized carbons (Fsp3) is 0.796. The van der Waals surface area contributed by atoms with Gasteiger partial charge in [0.25, 0.3) is 0 Å². The number of hydrogen-bond donors (Lipinski definition) is 2. The molecule has 5 nitrogen and oxygen atoms in total. The summed E-state index contributed by atoms with van der Waals surface area (Å²) in [7, 11) is 0. The molecule has 0 heterocycles. The number of aliphatic hydroxyl groups is 1. The molecular formula is C49H87NO4. The van der Waals surface area contributed by atoms with E-state index < -0.39 is 18.1 Å². The predicted octanol–water partition coefficient (Wildman–Crippen LogP) is 14.5. The van der Waals surface area contributed by atoms with Gasteiger partial charge in [-0.05, 0) is 31.4 Å². The SMILES string of the molecule is CCCCCCCCCCCCC/C=C/[C@H](O)[C@@H](COC(=O)c1ccccc1)NC(=O)CCCCCCCCCCCCCCCCCCCCCCC. The molecule has 1 aromatic rings. The van der Waals surface area contributed by atoms with E-state index in [0.717, 1.165) is 32.1 Å². The monoisotopic (exact) mass is 754 g/mol. The minimum absolute atomic E-state index is 0.0667. The molecule has 312 valence electrons. The van der Waals surface area contributed by atoms with Crippen molar-refractivity contribution >= 4 is 11.9 Å². The summed E-state index contributed by atoms with van der Waals surface area (Å²) in [6.45, 7) is 4.49. The predicted molar refractivity (Wildman–Crippen MR) is 232 cm³/mol. The van der Waals surface area contributed by atoms with Gasteiger partial charge in [0.15, 0.2) is 0 Å². The van der Waals surface area contributed by atoms with E-state index in [2.05, 4.69) is 19.2 Å². The third kappa shape index (κ3) is 32.1. The smallest absolute Gasteiger partial charge is 0.338 e. The lowest BCUT2D eigenvalue weighted by atomic mass is 10.0. The second-order valence-electron chi connectivity index (χ2n) is 16.2. The highest BCUT2D eigenvalue weighted by Crippen LogP contribution is 2.16. The number of ether oxygens (including phenoxy) is 1. The molecular weight excluding hydrogens is 667 g/mol. The molecule has 54 heavy (non-hydrogen) atoms. The maximum absolute atomic E-state index is 12.9. The van der Waals surface area contributed by atoms with Gasteiger partial charge >= 0.3 is 5.97 Å². The Morgan fingerprint density at radius 2 is 0.926 bits per heavy atom. The van der Waals surface area contributed by atoms with Crippen LogP contribution in [0.5, 0.6) is 0 Å². The minimum Gasteiger partial charge on any atom is -0.460 e. The second kappa shape index (κ2) is 39.1. The van der Waals surface area contributed by atoms with Gasteiger partial charge in [0, 0.05) is 6.42 Å². The van der Waals surface area contributed by atoms with Crippen molar-refractivity contribution in [2.24, 2.45) is 0 Å². The molecule has 1 aromatic carbocycles. The average molecular weight is 754 g/mol. The molecule has 0 aliphatic heterocycles. The fourth-order valence-electron chi connectivity index (χ4n) is 7.34. The first-order chi connectivity index (χ1) is 26.6. The molecule has 1 amide bonds. The van der Waals surface area contributed by atoms with Crippen LogP contribution in [-0.4, -0.2) is 35.7 Å². The lowest BCUT2D eigenvalue weighted by molar-refractivity contribution is -0.123. The number of hydrogen-bond acceptors (Lipinski definition) is 4. The first-order valence-corrected chi connectivity index (χ1v) is 23.4. The van der Waals surface area contributed by atoms with Crippen LogP contribution in [0.3, 0.4) is 0 Å². The van der Waals surface area contributed by atoms with E-state index in [-0.39, 0.29) is 12.5 Å². The van der Waals surface area contributed by atoms with Crippen LogP contribution in [0.1, 0.15) is 243 Å². The quantitative estimate of drug-likeness (QED) is 0.0397. The van der Waals surface area contributed by atoms with Gasteiger partial charge in [-0.1, -0.05) is 237 Å². The first-order valence-electron chi connectivity index (χ1n) is 23.4. The molecule has 2 atom stereocenters. The van der Waals surface area contributed by atoms with Crippen LogP contribution in [0, 0.1) is 0 Å². The van der Waals surface area contributed by atoms with Crippen molar-refractivity contribution in [1.82, 2.24) is 5.32 Å². The number of aliphatic hydroxyl groups excluding tert-OH is 1. The molecule has 0 saturated heterocycles. The van der Waals surface area contributed by atoms with E-state index in [4.69, 9.17) is 4.74 Å². The number of allylic oxidation sites excluding steroid dienone is 1. The van der Waals surface area contributed by atoms with Gasteiger partial charge in [-0.3, -0.25) is 4.79 Å². The molecule has 0 spiro atoms. The largest absolute Gasteiger partial charge is 0.460 e. The molecule has 0 bridgehead atoms. The van der Waals surface area contributed by atoms with Crippen molar-refractivity contribution in [1.29, 1.82) is 0 Å². The van der Waals surface area contributed by atoms with Gasteiger partial charge in [0.1, 0.15) is 6.61 Å². The van der Waals surface area contributed by atoms with Crippen molar-refractivity contribution in [3.05, 3.63) is 48.0 Å². The summed E-state index contributed by atoms with van der Waals surface area (Å²) in [5.74, 6) is -0.539. The number of benzene rings is 1. The number of carbonyl (C=O) groups excluding carboxylic acids is 2. The van der Waals surface area contributed by atoms with Gasteiger partial charge in [-0.25, -0.2) is 4.79 Å². The Morgan fingerprint density at radius 3 is 1.33 bits per heavy atom. The van der Waals surface area contributed by atoms with Crippen LogP contribution in [0.4, 0.5) is 0 Å². The van der Waals surface area contributed by atoms with Crippen LogP contribution in [-0.2, 0) is 9.53 Å². The van der Waals surface area contributed by atoms with Crippen molar-refractivity contribution < 1.29 is 19.4 Å². The molecule has 0 aromatic heterocycles. The van der Waals surface area contributed by atoms with E-state index in [1.807, 2.05) is 12.1 Å². The third-order valence-electron chi connectivity index (χ3n) is 11.0. The van der Waals surface area contributed by atoms with E-state index in [0.29, 0.717) is 12.0 Å². The Bertz CT molecular complexity index is 979. The summed E-state index contributed by atoms with van der Waals surface area (Å²) in [4.78, 5) is 25.5. The Balaban J connectivity index is 2.17. The summed E-state index contributed by atoms with van der Waals surface area (Å²) < 4.78 is 5.53. The van der Waals surface area contributed by atoms with Crippen LogP contribution in [0.15, 0.2) is 42.5 Å². The van der Waals surface area contributed by atoms with Crippen molar-refractivity contribution in [2.75, 3.05) is 6.61 Å². The molecule has 0 fully saturated rings. The molecule has 0 radical (unpaired) electrons. The average Bonchev–Trinajstić information content (AvgIpc) is 3.18. The summed E-state index contributed by atoms with van der Waals surface area (Å²) in [6, 6.07) is 8.19. The van der Waals surface area contributed by atoms with Crippen LogP contribution >= 0.6 is 0 Å². The summed E-state index contributed by atoms with van der Waals surface area (Å²) >= 11 is 0. The molecule has 0 aliphatic carbocycles. The number of nitrogens with one attached hydrogen (secondary N) is 1. The highest BCUT2D eigenvalue weighted by molar-refractivity contribution is 5.89. The first kappa shape index (κ1) is 49.9. The lowest BCUT2D eigenvalue weighted by Crippen LogP contribution is -2.46. The highest BCUT2D eigenvalue weighted by atomic mass is 16.5. The number of carbonyl (C=O) groups is 2. The highest BCUT2D eigenvalue weighted by Gasteiger charge is 2.21. The van der Waals surface area contributed by atoms with Crippen molar-refractivity contribution in [2.45, 2.75) is 244 Å². The van der Waals surface area contributed by atoms with Gasteiger partial charge < -0.3 is 15.2 Å². The molecule has 5 heteroatoms. The van der Waals surface area contributed by atoms with Crippen LogP contribution < -0.4 is 5.32 Å². The minimum atomic E-state index is -0.912. The number of esters is 1. The zero-order valence-corrected chi connectivity index (χ0v) is 35.6. The van der Waals surface area contributed by atoms with E-state index >= 15 is 0 Å². The zero-order chi connectivity index (χ0) is 39.0. The molecule has 2 N–H and O–H groups in total. The lowest BCUT2D eigenvalue weighted by Gasteiger charge is -2.22. The summed E-state index contributed by atoms with van der Waals surface area (Å²) in [5.41, 5.74) is 0.462. The molecule has 0 aliphatic rings. The standard InChI is InChI=1S/C49H87NO4/c1-3-5-7-9-11-13-15-17-18-19-20-21-22-23-24-26-28-30-32-34-39-43-48(52)50-46(44-54-49(53)45-40-36-35-37-41-45)47(51)42-38-33-31-29-27-25-16-14-12-10-8-6-4-2/h35-38,40-42,46-47,51H,3-34,39,43-44H2,1-2H3,(H,50,52)/b42-38+/t46-,47+/m1/s1. The maximum Gasteiger partial charge on any atom is 0.338 e. The van der Waals surface area contributed by atoms with E-state index in [1.54, 1.807) is 30.3 Å². The molecule has 1 rings (SSSR count). The third-order valence-corrected chi connectivity index (χ3v) is 11.0. The van der Waals surface area contributed by atoms with Gasteiger partial charge in [-0.15, -0.1) is 0 Å². The molecule has 0 saturated carbocycles. The van der Waals surface area contributed by atoms with Crippen molar-refractivity contribution in [3.8, 4) is 0 Å². The normalized spacial score (nSPS) is 12.6. The number of unbranched alkanes of at least 4 members (excludes halogenated alkanes) is 31. The van der Waals surface area contributed by atoms with Crippen LogP contribution in [0.2, 0.25) is 0 Å². The Labute approximate surface area is 334 Å². The maximum atomic E-state index is 12.9. The Kier molecular flexibility index (Phi) is 36.1. The van der Waals surface area contributed by atoms with Crippen LogP contribution in [0.25, 0.3) is 0 Å². The fourth-order valence-corrected chi connectivity index (χ4v) is 7.34. The number of rotatable bonds is 40. The van der Waals surface area contributed by atoms with Gasteiger partial charge in [0.2, 0.25) is 5.91 Å². The number of amides is 1. The van der Waals surface area contributed by atoms with Crippen molar-refractivity contribution in [3.63, 3.8) is 0 Å². The topological polar surface area (TPSA) is 75.6 Å². The summed E-state index contributed by atoms with van der Waals surface area (Å²) in [6.07, 6.45) is 46.6. The van der Waals surface area contributed by atoms with Gasteiger partial charge in [-0.2, -0.15) is 0 Å². The Morgan fingerprint density at radius 1 is 0.556 bits per heavy atom.